The van der Waals surface area contributed by atoms with Crippen LogP contribution in [-0.2, 0) is 11.3 Å². The minimum Gasteiger partial charge on any atom is -0.481 e. The molecule has 1 N–H and O–H groups in total. The Morgan fingerprint density at radius 1 is 1.28 bits per heavy atom. The molecule has 0 saturated carbocycles. The number of aliphatic carboxylic acids is 1. The van der Waals surface area contributed by atoms with Crippen LogP contribution >= 0.6 is 23.2 Å². The van der Waals surface area contributed by atoms with E-state index in [-0.39, 0.29) is 6.42 Å². The van der Waals surface area contributed by atoms with Gasteiger partial charge in [-0.05, 0) is 18.2 Å². The number of carbonyl (C=O) groups is 1. The Labute approximate surface area is 114 Å². The summed E-state index contributed by atoms with van der Waals surface area (Å²) in [4.78, 5) is 14.8. The molecule has 2 aromatic rings. The molecule has 1 aromatic carbocycles. The van der Waals surface area contributed by atoms with E-state index in [1.807, 2.05) is 0 Å². The Bertz CT molecular complexity index is 561. The fraction of sp³-hybridized carbons (Fsp3) is 0.167. The van der Waals surface area contributed by atoms with Crippen molar-refractivity contribution in [2.45, 2.75) is 13.0 Å². The lowest BCUT2D eigenvalue weighted by molar-refractivity contribution is -0.137. The third-order valence-corrected chi connectivity index (χ3v) is 2.84. The van der Waals surface area contributed by atoms with Gasteiger partial charge in [-0.25, -0.2) is 4.98 Å². The SMILES string of the molecule is O=C(O)CCn1ccnc1-c1cc(Cl)cc(Cl)c1. The highest BCUT2D eigenvalue weighted by molar-refractivity contribution is 6.35. The number of hydrogen-bond donors (Lipinski definition) is 1. The lowest BCUT2D eigenvalue weighted by atomic mass is 10.2. The second kappa shape index (κ2) is 5.42. The van der Waals surface area contributed by atoms with Crippen molar-refractivity contribution in [2.75, 3.05) is 0 Å². The van der Waals surface area contributed by atoms with Crippen molar-refractivity contribution in [3.8, 4) is 11.4 Å². The average Bonchev–Trinajstić information content (AvgIpc) is 2.72. The van der Waals surface area contributed by atoms with E-state index in [0.717, 1.165) is 5.56 Å². The van der Waals surface area contributed by atoms with Crippen molar-refractivity contribution in [1.82, 2.24) is 9.55 Å². The van der Waals surface area contributed by atoms with Crippen LogP contribution in [0.5, 0.6) is 0 Å². The maximum absolute atomic E-state index is 10.6. The molecule has 0 aliphatic heterocycles. The van der Waals surface area contributed by atoms with Crippen LogP contribution in [0, 0.1) is 0 Å². The molecule has 0 radical (unpaired) electrons. The van der Waals surface area contributed by atoms with Gasteiger partial charge in [0.15, 0.2) is 0 Å². The first kappa shape index (κ1) is 12.9. The van der Waals surface area contributed by atoms with Crippen LogP contribution in [0.15, 0.2) is 30.6 Å². The number of aryl methyl sites for hydroxylation is 1. The van der Waals surface area contributed by atoms with Gasteiger partial charge in [-0.3, -0.25) is 4.79 Å². The predicted octanol–water partition coefficient (Wildman–Crippen LogP) is 3.33. The van der Waals surface area contributed by atoms with Gasteiger partial charge < -0.3 is 9.67 Å². The van der Waals surface area contributed by atoms with Gasteiger partial charge in [0.1, 0.15) is 5.82 Å². The quantitative estimate of drug-likeness (QED) is 0.937. The molecule has 6 heteroatoms. The average molecular weight is 285 g/mol. The second-order valence-electron chi connectivity index (χ2n) is 3.75. The number of carboxylic acids is 1. The van der Waals surface area contributed by atoms with Crippen molar-refractivity contribution < 1.29 is 9.90 Å². The zero-order valence-corrected chi connectivity index (χ0v) is 10.8. The maximum atomic E-state index is 10.6. The maximum Gasteiger partial charge on any atom is 0.305 e. The summed E-state index contributed by atoms with van der Waals surface area (Å²) < 4.78 is 1.76. The van der Waals surface area contributed by atoms with Crippen LogP contribution in [0.3, 0.4) is 0 Å². The Morgan fingerprint density at radius 2 is 1.94 bits per heavy atom. The minimum atomic E-state index is -0.848. The summed E-state index contributed by atoms with van der Waals surface area (Å²) in [5.74, 6) is -0.195. The normalized spacial score (nSPS) is 10.6. The number of carboxylic acid groups (broad SMARTS) is 1. The summed E-state index contributed by atoms with van der Waals surface area (Å²) >= 11 is 11.9. The number of aromatic nitrogens is 2. The molecular formula is C12H10Cl2N2O2. The van der Waals surface area contributed by atoms with Crippen LogP contribution in [0.1, 0.15) is 6.42 Å². The highest BCUT2D eigenvalue weighted by Gasteiger charge is 2.09. The van der Waals surface area contributed by atoms with Gasteiger partial charge in [0.05, 0.1) is 6.42 Å². The Hall–Kier alpha value is -1.52. The number of imidazole rings is 1. The van der Waals surface area contributed by atoms with E-state index in [4.69, 9.17) is 28.3 Å². The molecule has 0 spiro atoms. The molecule has 4 nitrogen and oxygen atoms in total. The van der Waals surface area contributed by atoms with Gasteiger partial charge in [0, 0.05) is 34.5 Å². The summed E-state index contributed by atoms with van der Waals surface area (Å²) in [6.07, 6.45) is 3.39. The molecule has 0 saturated heterocycles. The first-order chi connectivity index (χ1) is 8.56. The first-order valence-corrected chi connectivity index (χ1v) is 6.01. The highest BCUT2D eigenvalue weighted by atomic mass is 35.5. The fourth-order valence-electron chi connectivity index (χ4n) is 1.65. The Balaban J connectivity index is 2.33. The van der Waals surface area contributed by atoms with Gasteiger partial charge in [0.2, 0.25) is 0 Å². The third kappa shape index (κ3) is 3.03. The molecule has 0 aliphatic carbocycles. The van der Waals surface area contributed by atoms with Crippen molar-refractivity contribution in [3.05, 3.63) is 40.6 Å². The van der Waals surface area contributed by atoms with Crippen LogP contribution < -0.4 is 0 Å². The van der Waals surface area contributed by atoms with Crippen molar-refractivity contribution in [2.24, 2.45) is 0 Å². The van der Waals surface area contributed by atoms with Crippen LogP contribution in [-0.4, -0.2) is 20.6 Å². The molecule has 1 heterocycles. The zero-order chi connectivity index (χ0) is 13.1. The van der Waals surface area contributed by atoms with Gasteiger partial charge in [0.25, 0.3) is 0 Å². The van der Waals surface area contributed by atoms with E-state index >= 15 is 0 Å². The van der Waals surface area contributed by atoms with Crippen LogP contribution in [0.4, 0.5) is 0 Å². The summed E-state index contributed by atoms with van der Waals surface area (Å²) in [5.41, 5.74) is 0.767. The third-order valence-electron chi connectivity index (χ3n) is 2.40. The molecule has 0 unspecified atom stereocenters. The lowest BCUT2D eigenvalue weighted by Crippen LogP contribution is -2.05. The summed E-state index contributed by atoms with van der Waals surface area (Å²) in [5, 5.41) is 9.72. The van der Waals surface area contributed by atoms with Gasteiger partial charge >= 0.3 is 5.97 Å². The van der Waals surface area contributed by atoms with Gasteiger partial charge in [-0.2, -0.15) is 0 Å². The summed E-state index contributed by atoms with van der Waals surface area (Å²) in [6.45, 7) is 0.356. The standard InChI is InChI=1S/C12H10Cl2N2O2/c13-9-5-8(6-10(14)7-9)12-15-2-4-16(12)3-1-11(17)18/h2,4-7H,1,3H2,(H,17,18). The topological polar surface area (TPSA) is 55.1 Å². The molecule has 0 amide bonds. The fourth-order valence-corrected chi connectivity index (χ4v) is 2.18. The Kier molecular flexibility index (Phi) is 3.89. The number of halogens is 2. The summed E-state index contributed by atoms with van der Waals surface area (Å²) in [7, 11) is 0. The van der Waals surface area contributed by atoms with E-state index in [9.17, 15) is 4.79 Å². The number of rotatable bonds is 4. The van der Waals surface area contributed by atoms with Crippen molar-refractivity contribution in [3.63, 3.8) is 0 Å². The van der Waals surface area contributed by atoms with Crippen LogP contribution in [0.25, 0.3) is 11.4 Å². The van der Waals surface area contributed by atoms with E-state index in [1.54, 1.807) is 35.2 Å². The van der Waals surface area contributed by atoms with Gasteiger partial charge in [-0.1, -0.05) is 23.2 Å². The second-order valence-corrected chi connectivity index (χ2v) is 4.62. The number of nitrogens with zero attached hydrogens (tertiary/aromatic N) is 2. The minimum absolute atomic E-state index is 0.0393. The van der Waals surface area contributed by atoms with Gasteiger partial charge in [-0.15, -0.1) is 0 Å². The molecule has 0 atom stereocenters. The van der Waals surface area contributed by atoms with E-state index in [0.29, 0.717) is 22.4 Å². The van der Waals surface area contributed by atoms with Crippen molar-refractivity contribution >= 4 is 29.2 Å². The monoisotopic (exact) mass is 284 g/mol. The molecule has 1 aromatic heterocycles. The molecule has 94 valence electrons. The highest BCUT2D eigenvalue weighted by Crippen LogP contribution is 2.26. The molecule has 18 heavy (non-hydrogen) atoms. The van der Waals surface area contributed by atoms with E-state index in [1.165, 1.54) is 0 Å². The number of benzene rings is 1. The largest absolute Gasteiger partial charge is 0.481 e. The molecule has 0 bridgehead atoms. The smallest absolute Gasteiger partial charge is 0.305 e. The Morgan fingerprint density at radius 3 is 2.56 bits per heavy atom. The predicted molar refractivity (Wildman–Crippen MR) is 69.9 cm³/mol. The van der Waals surface area contributed by atoms with E-state index < -0.39 is 5.97 Å². The first-order valence-electron chi connectivity index (χ1n) is 5.25. The van der Waals surface area contributed by atoms with Crippen LogP contribution in [0.2, 0.25) is 10.0 Å². The number of hydrogen-bond acceptors (Lipinski definition) is 2. The van der Waals surface area contributed by atoms with Crippen molar-refractivity contribution in [1.29, 1.82) is 0 Å². The molecule has 2 rings (SSSR count). The molecule has 0 fully saturated rings. The molecule has 0 aliphatic rings. The summed E-state index contributed by atoms with van der Waals surface area (Å²) in [6, 6.07) is 5.12. The lowest BCUT2D eigenvalue weighted by Gasteiger charge is -2.07. The molecular weight excluding hydrogens is 275 g/mol. The van der Waals surface area contributed by atoms with E-state index in [2.05, 4.69) is 4.98 Å². The zero-order valence-electron chi connectivity index (χ0n) is 9.31.